The first-order valence-corrected chi connectivity index (χ1v) is 20.6. The third kappa shape index (κ3) is 16.4. The lowest BCUT2D eigenvalue weighted by Gasteiger charge is -2.41. The van der Waals surface area contributed by atoms with Gasteiger partial charge in [-0.1, -0.05) is 53.0 Å². The van der Waals surface area contributed by atoms with E-state index >= 15 is 0 Å². The molecule has 330 valence electrons. The molecule has 0 saturated carbocycles. The molecule has 0 radical (unpaired) electrons. The lowest BCUT2D eigenvalue weighted by atomic mass is 10.00. The highest BCUT2D eigenvalue weighted by Crippen LogP contribution is 2.16. The molecule has 1 aromatic carbocycles. The smallest absolute Gasteiger partial charge is 0.410 e. The molecule has 20 heteroatoms. The lowest BCUT2D eigenvalue weighted by Crippen LogP contribution is -2.59. The van der Waals surface area contributed by atoms with E-state index in [0.29, 0.717) is 11.3 Å². The molecule has 1 fully saturated rings. The van der Waals surface area contributed by atoms with Crippen molar-refractivity contribution < 1.29 is 47.9 Å². The fourth-order valence-corrected chi connectivity index (χ4v) is 6.92. The molecule has 3 atom stereocenters. The molecule has 0 bridgehead atoms. The normalized spacial score (nSPS) is 14.0. The van der Waals surface area contributed by atoms with Crippen LogP contribution in [-0.2, 0) is 44.9 Å². The van der Waals surface area contributed by atoms with Gasteiger partial charge in [-0.3, -0.25) is 33.6 Å². The molecule has 0 spiro atoms. The molecule has 0 aliphatic carbocycles. The third-order valence-electron chi connectivity index (χ3n) is 9.25. The van der Waals surface area contributed by atoms with Crippen molar-refractivity contribution >= 4 is 70.8 Å². The van der Waals surface area contributed by atoms with Gasteiger partial charge in [-0.2, -0.15) is 11.8 Å². The number of anilines is 1. The van der Waals surface area contributed by atoms with E-state index in [4.69, 9.17) is 10.5 Å². The minimum absolute atomic E-state index is 0.00843. The van der Waals surface area contributed by atoms with E-state index in [1.54, 1.807) is 38.1 Å². The fourth-order valence-electron chi connectivity index (χ4n) is 6.19. The lowest BCUT2D eigenvalue weighted by molar-refractivity contribution is -0.154. The standard InChI is InChI=1S/C40H59N9O10S/c1-9-32(52)47-22-48(33(53)10-2)24-49(23-47)34(54)17-19-60-21-31(51)45-35(25(3)4)38(56)44-30(12-11-18-42-39(41)57)37(55)43-29-15-13-28(14-16-29)20-59-40(58)46(8)36(26(5)6)27(7)50/h9-10,13-16,25-26,30,35-36H,1-2,11-12,17-24H2,3-8H3,(H,43,55)(H,44,56)(H,45,51)(H3,41,42,57)/t30-,35-,36-/m0/s1. The zero-order valence-corrected chi connectivity index (χ0v) is 36.0. The monoisotopic (exact) mass is 857 g/mol. The van der Waals surface area contributed by atoms with Crippen LogP contribution in [-0.4, -0.2) is 136 Å². The number of hydrogen-bond acceptors (Lipinski definition) is 11. The number of likely N-dealkylation sites (N-methyl/N-ethyl adjacent to an activating group) is 1. The van der Waals surface area contributed by atoms with Crippen molar-refractivity contribution in [1.29, 1.82) is 0 Å². The van der Waals surface area contributed by atoms with Crippen molar-refractivity contribution in [2.24, 2.45) is 17.6 Å². The number of benzene rings is 1. The SMILES string of the molecule is C=CC(=O)N1CN(C(=O)C=C)CN(C(=O)CCSCC(=O)N[C@H](C(=O)N[C@@H](CCCNC(N)=O)C(=O)Nc2ccc(COC(=O)N(C)[C@H](C(C)=O)C(C)C)cc2)C(C)C)C1. The van der Waals surface area contributed by atoms with E-state index in [1.165, 1.54) is 33.6 Å². The number of Topliss-reactive ketones (excluding diaryl/α,β-unsaturated/α-hetero) is 1. The van der Waals surface area contributed by atoms with Crippen LogP contribution >= 0.6 is 11.8 Å². The summed E-state index contributed by atoms with van der Waals surface area (Å²) in [6.07, 6.45) is 1.92. The van der Waals surface area contributed by atoms with Crippen LogP contribution in [0.3, 0.4) is 0 Å². The van der Waals surface area contributed by atoms with E-state index in [0.717, 1.165) is 23.9 Å². The molecule has 1 aromatic rings. The van der Waals surface area contributed by atoms with Crippen LogP contribution in [0.2, 0.25) is 0 Å². The first-order chi connectivity index (χ1) is 28.3. The summed E-state index contributed by atoms with van der Waals surface area (Å²) in [6.45, 7) is 15.4. The fraction of sp³-hybridized carbons (Fsp3) is 0.525. The van der Waals surface area contributed by atoms with E-state index in [-0.39, 0.29) is 87.5 Å². The van der Waals surface area contributed by atoms with Gasteiger partial charge in [0, 0.05) is 31.5 Å². The second kappa shape index (κ2) is 24.9. The number of urea groups is 1. The van der Waals surface area contributed by atoms with Crippen molar-refractivity contribution in [1.82, 2.24) is 35.6 Å². The predicted octanol–water partition coefficient (Wildman–Crippen LogP) is 1.75. The molecule has 1 heterocycles. The van der Waals surface area contributed by atoms with Crippen LogP contribution in [0, 0.1) is 11.8 Å². The number of ketones is 1. The topological polar surface area (TPSA) is 250 Å². The number of ether oxygens (including phenoxy) is 1. The van der Waals surface area contributed by atoms with Crippen molar-refractivity contribution in [2.45, 2.75) is 78.6 Å². The Morgan fingerprint density at radius 1 is 0.867 bits per heavy atom. The number of carbonyl (C=O) groups is 9. The summed E-state index contributed by atoms with van der Waals surface area (Å²) in [6, 6.07) is 2.99. The van der Waals surface area contributed by atoms with Gasteiger partial charge >= 0.3 is 12.1 Å². The van der Waals surface area contributed by atoms with E-state index < -0.39 is 59.8 Å². The summed E-state index contributed by atoms with van der Waals surface area (Å²) in [5.74, 6) is -3.39. The molecule has 19 nitrogen and oxygen atoms in total. The van der Waals surface area contributed by atoms with Crippen molar-refractivity contribution in [3.05, 3.63) is 55.1 Å². The van der Waals surface area contributed by atoms with Crippen LogP contribution in [0.4, 0.5) is 15.3 Å². The van der Waals surface area contributed by atoms with Crippen LogP contribution < -0.4 is 27.0 Å². The summed E-state index contributed by atoms with van der Waals surface area (Å²) in [7, 11) is 1.50. The highest BCUT2D eigenvalue weighted by atomic mass is 32.2. The van der Waals surface area contributed by atoms with Crippen molar-refractivity contribution in [3.8, 4) is 0 Å². The van der Waals surface area contributed by atoms with E-state index in [2.05, 4.69) is 34.4 Å². The molecule has 0 unspecified atom stereocenters. The second-order valence-corrected chi connectivity index (χ2v) is 15.9. The first-order valence-electron chi connectivity index (χ1n) is 19.4. The Labute approximate surface area is 355 Å². The minimum atomic E-state index is -1.08. The molecule has 1 aliphatic heterocycles. The summed E-state index contributed by atoms with van der Waals surface area (Å²) >= 11 is 1.16. The molecular formula is C40H59N9O10S. The Morgan fingerprint density at radius 2 is 1.45 bits per heavy atom. The van der Waals surface area contributed by atoms with Crippen molar-refractivity contribution in [3.63, 3.8) is 0 Å². The number of carbonyl (C=O) groups excluding carboxylic acids is 9. The molecule has 0 aromatic heterocycles. The van der Waals surface area contributed by atoms with Crippen LogP contribution in [0.15, 0.2) is 49.6 Å². The number of nitrogens with two attached hydrogens (primary N) is 1. The van der Waals surface area contributed by atoms with Gasteiger partial charge in [-0.05, 0) is 61.4 Å². The van der Waals surface area contributed by atoms with E-state index in [9.17, 15) is 43.2 Å². The Morgan fingerprint density at radius 3 is 1.97 bits per heavy atom. The maximum atomic E-state index is 13.6. The summed E-state index contributed by atoms with van der Waals surface area (Å²) in [5.41, 5.74) is 6.17. The maximum absolute atomic E-state index is 13.6. The average molecular weight is 858 g/mol. The number of primary amides is 1. The minimum Gasteiger partial charge on any atom is -0.445 e. The van der Waals surface area contributed by atoms with Gasteiger partial charge in [0.25, 0.3) is 0 Å². The molecule has 1 aliphatic rings. The molecular weight excluding hydrogens is 799 g/mol. The first kappa shape index (κ1) is 50.2. The molecule has 2 rings (SSSR count). The average Bonchev–Trinajstić information content (AvgIpc) is 3.20. The van der Waals surface area contributed by atoms with Gasteiger partial charge in [-0.15, -0.1) is 0 Å². The Hall–Kier alpha value is -5.92. The summed E-state index contributed by atoms with van der Waals surface area (Å²) < 4.78 is 5.39. The highest BCUT2D eigenvalue weighted by Gasteiger charge is 2.32. The molecule has 9 amide bonds. The zero-order valence-electron chi connectivity index (χ0n) is 35.2. The van der Waals surface area contributed by atoms with Gasteiger partial charge in [0.1, 0.15) is 18.7 Å². The summed E-state index contributed by atoms with van der Waals surface area (Å²) in [5, 5.41) is 10.6. The van der Waals surface area contributed by atoms with Gasteiger partial charge in [0.05, 0.1) is 31.8 Å². The van der Waals surface area contributed by atoms with Gasteiger partial charge in [0.2, 0.25) is 35.4 Å². The van der Waals surface area contributed by atoms with Crippen molar-refractivity contribution in [2.75, 3.05) is 50.4 Å². The summed E-state index contributed by atoms with van der Waals surface area (Å²) in [4.78, 5) is 119. The second-order valence-electron chi connectivity index (χ2n) is 14.8. The molecule has 6 N–H and O–H groups in total. The van der Waals surface area contributed by atoms with Gasteiger partial charge in [0.15, 0.2) is 5.78 Å². The third-order valence-corrected chi connectivity index (χ3v) is 10.2. The predicted molar refractivity (Wildman–Crippen MR) is 225 cm³/mol. The molecule has 1 saturated heterocycles. The largest absolute Gasteiger partial charge is 0.445 e. The van der Waals surface area contributed by atoms with Gasteiger partial charge < -0.3 is 51.3 Å². The molecule has 60 heavy (non-hydrogen) atoms. The highest BCUT2D eigenvalue weighted by molar-refractivity contribution is 7.99. The number of thioether (sulfide) groups is 1. The van der Waals surface area contributed by atoms with Crippen LogP contribution in [0.1, 0.15) is 59.4 Å². The maximum Gasteiger partial charge on any atom is 0.410 e. The number of hydrogen-bond donors (Lipinski definition) is 5. The number of nitrogens with one attached hydrogen (secondary N) is 4. The number of rotatable bonds is 22. The quantitative estimate of drug-likeness (QED) is 0.0830. The zero-order chi connectivity index (χ0) is 45.1. The van der Waals surface area contributed by atoms with E-state index in [1.807, 2.05) is 13.8 Å². The van der Waals surface area contributed by atoms with Gasteiger partial charge in [-0.25, -0.2) is 9.59 Å². The Balaban J connectivity index is 2.00. The number of nitrogens with zero attached hydrogens (tertiary/aromatic N) is 4. The van der Waals surface area contributed by atoms with Crippen LogP contribution in [0.5, 0.6) is 0 Å². The van der Waals surface area contributed by atoms with Crippen LogP contribution in [0.25, 0.3) is 0 Å². The Bertz CT molecular complexity index is 1710. The number of amides is 9. The Kier molecular flexibility index (Phi) is 20.8.